The molecule has 0 amide bonds. The van der Waals surface area contributed by atoms with Gasteiger partial charge < -0.3 is 30.2 Å². The number of aliphatic hydroxyl groups excluding tert-OH is 2. The van der Waals surface area contributed by atoms with Gasteiger partial charge in [0.05, 0.1) is 0 Å². The van der Waals surface area contributed by atoms with Crippen LogP contribution in [0.5, 0.6) is 0 Å². The second-order valence-electron chi connectivity index (χ2n) is 2.69. The highest BCUT2D eigenvalue weighted by Crippen LogP contribution is 1.74. The Kier molecular flexibility index (Phi) is 18.7. The summed E-state index contributed by atoms with van der Waals surface area (Å²) in [5, 5.41) is 35.5. The molecule has 0 fully saturated rings. The first-order chi connectivity index (χ1) is 7.18. The van der Waals surface area contributed by atoms with Gasteiger partial charge in [0, 0.05) is 19.8 Å². The van der Waals surface area contributed by atoms with Gasteiger partial charge in [-0.2, -0.15) is 0 Å². The summed E-state index contributed by atoms with van der Waals surface area (Å²) in [5.74, 6) is 0. The first kappa shape index (κ1) is 17.2. The van der Waals surface area contributed by atoms with Crippen molar-refractivity contribution >= 4 is 7.32 Å². The Hall–Kier alpha value is -0.175. The minimum absolute atomic E-state index is 0.242. The smallest absolute Gasteiger partial charge is 0.402 e. The van der Waals surface area contributed by atoms with Crippen molar-refractivity contribution < 1.29 is 24.9 Å². The minimum Gasteiger partial charge on any atom is -0.402 e. The molecule has 0 aromatic carbocycles. The lowest BCUT2D eigenvalue weighted by molar-refractivity contribution is 0.196. The molecule has 0 aliphatic carbocycles. The van der Waals surface area contributed by atoms with Crippen molar-refractivity contribution in [3.05, 3.63) is 0 Å². The normalized spacial score (nSPS) is 9.40. The average molecular weight is 223 g/mol. The molecule has 92 valence electrons. The summed E-state index contributed by atoms with van der Waals surface area (Å²) in [6.45, 7) is 4.18. The van der Waals surface area contributed by atoms with Crippen LogP contribution in [0.15, 0.2) is 0 Å². The molecule has 15 heavy (non-hydrogen) atoms. The molecule has 0 saturated carbocycles. The van der Waals surface area contributed by atoms with E-state index in [-0.39, 0.29) is 13.2 Å². The van der Waals surface area contributed by atoms with Gasteiger partial charge in [-0.05, 0) is 32.9 Å². The first-order valence-electron chi connectivity index (χ1n) is 5.09. The molecule has 0 aromatic heterocycles. The third-order valence-corrected chi connectivity index (χ3v) is 1.34. The maximum Gasteiger partial charge on any atom is 0.633 e. The highest BCUT2D eigenvalue weighted by Gasteiger charge is 2.03. The van der Waals surface area contributed by atoms with E-state index < -0.39 is 7.32 Å². The van der Waals surface area contributed by atoms with Crippen LogP contribution in [0.2, 0.25) is 0 Å². The van der Waals surface area contributed by atoms with Crippen molar-refractivity contribution in [3.63, 3.8) is 0 Å². The van der Waals surface area contributed by atoms with E-state index in [4.69, 9.17) is 20.3 Å². The van der Waals surface area contributed by atoms with Crippen LogP contribution < -0.4 is 5.32 Å². The summed E-state index contributed by atoms with van der Waals surface area (Å²) < 4.78 is 4.15. The van der Waals surface area contributed by atoms with Gasteiger partial charge in [-0.3, -0.25) is 0 Å². The van der Waals surface area contributed by atoms with E-state index in [0.717, 1.165) is 25.9 Å². The molecule has 0 saturated heterocycles. The third kappa shape index (κ3) is 24.8. The van der Waals surface area contributed by atoms with Crippen LogP contribution >= 0.6 is 0 Å². The largest absolute Gasteiger partial charge is 0.633 e. The van der Waals surface area contributed by atoms with Crippen molar-refractivity contribution in [1.29, 1.82) is 0 Å². The molecular weight excluding hydrogens is 201 g/mol. The second-order valence-corrected chi connectivity index (χ2v) is 2.69. The molecule has 6 nitrogen and oxygen atoms in total. The summed E-state index contributed by atoms with van der Waals surface area (Å²) in [6, 6.07) is 0. The monoisotopic (exact) mass is 223 g/mol. The summed E-state index contributed by atoms with van der Waals surface area (Å²) in [4.78, 5) is 0. The van der Waals surface area contributed by atoms with Crippen molar-refractivity contribution in [2.75, 3.05) is 32.9 Å². The van der Waals surface area contributed by atoms with Crippen LogP contribution in [-0.2, 0) is 4.65 Å². The lowest BCUT2D eigenvalue weighted by Gasteiger charge is -1.99. The molecule has 0 heterocycles. The molecule has 0 bridgehead atoms. The fourth-order valence-corrected chi connectivity index (χ4v) is 0.682. The summed E-state index contributed by atoms with van der Waals surface area (Å²) >= 11 is 0. The Labute approximate surface area is 91.1 Å². The Balaban J connectivity index is 0. The zero-order valence-corrected chi connectivity index (χ0v) is 9.22. The SMILES string of the molecule is CCOB(O)O.OCCCNCCCO. The maximum absolute atomic E-state index is 8.33. The Morgan fingerprint density at radius 1 is 1.07 bits per heavy atom. The predicted molar refractivity (Wildman–Crippen MR) is 58.1 cm³/mol. The molecule has 7 heteroatoms. The number of hydrogen-bond donors (Lipinski definition) is 5. The van der Waals surface area contributed by atoms with Gasteiger partial charge in [0.1, 0.15) is 0 Å². The fraction of sp³-hybridized carbons (Fsp3) is 1.00. The third-order valence-electron chi connectivity index (χ3n) is 1.34. The summed E-state index contributed by atoms with van der Waals surface area (Å²) in [7, 11) is -1.60. The van der Waals surface area contributed by atoms with E-state index in [2.05, 4.69) is 9.97 Å². The lowest BCUT2D eigenvalue weighted by Crippen LogP contribution is -2.18. The molecule has 0 aromatic rings. The zero-order chi connectivity index (χ0) is 11.9. The van der Waals surface area contributed by atoms with Gasteiger partial charge in [-0.25, -0.2) is 0 Å². The van der Waals surface area contributed by atoms with Gasteiger partial charge in [0.15, 0.2) is 0 Å². The molecule has 0 aliphatic rings. The summed E-state index contributed by atoms with van der Waals surface area (Å²) in [5.41, 5.74) is 0. The molecule has 0 radical (unpaired) electrons. The zero-order valence-electron chi connectivity index (χ0n) is 9.22. The average Bonchev–Trinajstić information content (AvgIpc) is 2.18. The summed E-state index contributed by atoms with van der Waals surface area (Å²) in [6.07, 6.45) is 1.59. The van der Waals surface area contributed by atoms with E-state index in [1.54, 1.807) is 6.92 Å². The van der Waals surface area contributed by atoms with Crippen LogP contribution in [0, 0.1) is 0 Å². The first-order valence-corrected chi connectivity index (χ1v) is 5.09. The molecule has 0 aliphatic heterocycles. The van der Waals surface area contributed by atoms with Crippen molar-refractivity contribution in [1.82, 2.24) is 5.32 Å². The Morgan fingerprint density at radius 3 is 1.73 bits per heavy atom. The molecule has 0 spiro atoms. The van der Waals surface area contributed by atoms with Crippen molar-refractivity contribution in [2.24, 2.45) is 0 Å². The van der Waals surface area contributed by atoms with Crippen LogP contribution in [-0.4, -0.2) is 60.5 Å². The maximum atomic E-state index is 8.33. The molecule has 0 atom stereocenters. The van der Waals surface area contributed by atoms with Crippen LogP contribution in [0.1, 0.15) is 19.8 Å². The Bertz CT molecular complexity index is 101. The van der Waals surface area contributed by atoms with Gasteiger partial charge in [0.2, 0.25) is 0 Å². The van der Waals surface area contributed by atoms with Gasteiger partial charge in [0.25, 0.3) is 0 Å². The van der Waals surface area contributed by atoms with Crippen LogP contribution in [0.25, 0.3) is 0 Å². The van der Waals surface area contributed by atoms with E-state index in [9.17, 15) is 0 Å². The van der Waals surface area contributed by atoms with Crippen molar-refractivity contribution in [3.8, 4) is 0 Å². The van der Waals surface area contributed by atoms with E-state index in [0.29, 0.717) is 6.61 Å². The number of hydrogen-bond acceptors (Lipinski definition) is 6. The molecule has 0 rings (SSSR count). The highest BCUT2D eigenvalue weighted by molar-refractivity contribution is 6.32. The van der Waals surface area contributed by atoms with Crippen molar-refractivity contribution in [2.45, 2.75) is 19.8 Å². The van der Waals surface area contributed by atoms with E-state index in [1.807, 2.05) is 0 Å². The van der Waals surface area contributed by atoms with Gasteiger partial charge in [-0.15, -0.1) is 0 Å². The highest BCUT2D eigenvalue weighted by atomic mass is 16.6. The standard InChI is InChI=1S/C6H15NO2.C2H7BO3/c8-5-1-3-7-4-2-6-9;1-2-6-3(4)5/h7-9H,1-6H2;4-5H,2H2,1H3. The topological polar surface area (TPSA) is 102 Å². The van der Waals surface area contributed by atoms with Gasteiger partial charge >= 0.3 is 7.32 Å². The lowest BCUT2D eigenvalue weighted by atomic mass is 10.3. The van der Waals surface area contributed by atoms with Crippen LogP contribution in [0.4, 0.5) is 0 Å². The molecular formula is C8H22BNO5. The quantitative estimate of drug-likeness (QED) is 0.249. The number of nitrogens with one attached hydrogen (secondary N) is 1. The number of aliphatic hydroxyl groups is 2. The van der Waals surface area contributed by atoms with E-state index in [1.165, 1.54) is 0 Å². The molecule has 0 unspecified atom stereocenters. The minimum atomic E-state index is -1.60. The van der Waals surface area contributed by atoms with Crippen LogP contribution in [0.3, 0.4) is 0 Å². The van der Waals surface area contributed by atoms with E-state index >= 15 is 0 Å². The fourth-order valence-electron chi connectivity index (χ4n) is 0.682. The molecule has 5 N–H and O–H groups in total. The predicted octanol–water partition coefficient (Wildman–Crippen LogP) is -1.67. The Morgan fingerprint density at radius 2 is 1.53 bits per heavy atom. The van der Waals surface area contributed by atoms with Gasteiger partial charge in [-0.1, -0.05) is 0 Å². The number of rotatable bonds is 8. The second kappa shape index (κ2) is 16.3.